The fourth-order valence-electron chi connectivity index (χ4n) is 3.25. The van der Waals surface area contributed by atoms with Gasteiger partial charge < -0.3 is 20.1 Å². The molecule has 0 spiro atoms. The predicted octanol–water partition coefficient (Wildman–Crippen LogP) is 2.48. The fourth-order valence-corrected chi connectivity index (χ4v) is 3.25. The third-order valence-electron chi connectivity index (χ3n) is 4.06. The third-order valence-corrected chi connectivity index (χ3v) is 4.06. The first kappa shape index (κ1) is 16.1. The van der Waals surface area contributed by atoms with E-state index in [2.05, 4.69) is 30.9 Å². The van der Waals surface area contributed by atoms with E-state index in [4.69, 9.17) is 15.2 Å². The Bertz CT molecular complexity index is 460. The molecule has 0 bridgehead atoms. The van der Waals surface area contributed by atoms with Crippen LogP contribution < -0.4 is 15.2 Å². The van der Waals surface area contributed by atoms with Crippen LogP contribution in [0.2, 0.25) is 0 Å². The Balaban J connectivity index is 2.16. The summed E-state index contributed by atoms with van der Waals surface area (Å²) in [6.07, 6.45) is 1.03. The normalized spacial score (nSPS) is 23.3. The summed E-state index contributed by atoms with van der Waals surface area (Å²) in [5.41, 5.74) is 7.55. The number of nitrogens with zero attached hydrogens (tertiary/aromatic N) is 1. The van der Waals surface area contributed by atoms with E-state index in [0.29, 0.717) is 11.8 Å². The molecule has 4 nitrogen and oxygen atoms in total. The summed E-state index contributed by atoms with van der Waals surface area (Å²) < 4.78 is 10.7. The Morgan fingerprint density at radius 3 is 2.52 bits per heavy atom. The number of nitrogens with two attached hydrogens (primary N) is 1. The highest BCUT2D eigenvalue weighted by molar-refractivity contribution is 5.44. The number of rotatable bonds is 5. The number of benzene rings is 1. The second-order valence-electron chi connectivity index (χ2n) is 6.42. The summed E-state index contributed by atoms with van der Waals surface area (Å²) in [6.45, 7) is 7.69. The minimum atomic E-state index is 0.246. The smallest absolute Gasteiger partial charge is 0.160 e. The van der Waals surface area contributed by atoms with Gasteiger partial charge in [0.05, 0.1) is 14.2 Å². The van der Waals surface area contributed by atoms with Gasteiger partial charge in [0.25, 0.3) is 0 Å². The average Bonchev–Trinajstić information content (AvgIpc) is 2.45. The Kier molecular flexibility index (Phi) is 5.48. The predicted molar refractivity (Wildman–Crippen MR) is 86.2 cm³/mol. The van der Waals surface area contributed by atoms with Crippen LogP contribution in [0.25, 0.3) is 0 Å². The van der Waals surface area contributed by atoms with Gasteiger partial charge in [0.1, 0.15) is 0 Å². The molecule has 1 aliphatic heterocycles. The molecule has 1 aromatic rings. The highest BCUT2D eigenvalue weighted by Crippen LogP contribution is 2.34. The molecular weight excluding hydrogens is 264 g/mol. The molecule has 1 fully saturated rings. The molecule has 1 saturated heterocycles. The van der Waals surface area contributed by atoms with Gasteiger partial charge in [0.15, 0.2) is 11.5 Å². The molecule has 2 N–H and O–H groups in total. The van der Waals surface area contributed by atoms with Crippen LogP contribution in [0.15, 0.2) is 18.2 Å². The van der Waals surface area contributed by atoms with Gasteiger partial charge in [-0.15, -0.1) is 0 Å². The van der Waals surface area contributed by atoms with Crippen molar-refractivity contribution in [2.45, 2.75) is 32.2 Å². The van der Waals surface area contributed by atoms with E-state index < -0.39 is 0 Å². The number of piperidine rings is 1. The van der Waals surface area contributed by atoms with Gasteiger partial charge in [-0.2, -0.15) is 0 Å². The lowest BCUT2D eigenvalue weighted by molar-refractivity contribution is 0.171. The Morgan fingerprint density at radius 2 is 1.90 bits per heavy atom. The average molecular weight is 292 g/mol. The number of ether oxygens (including phenoxy) is 2. The van der Waals surface area contributed by atoms with E-state index in [1.165, 1.54) is 5.56 Å². The summed E-state index contributed by atoms with van der Waals surface area (Å²) in [5, 5.41) is 0. The second-order valence-corrected chi connectivity index (χ2v) is 6.42. The minimum absolute atomic E-state index is 0.246. The molecule has 0 radical (unpaired) electrons. The van der Waals surface area contributed by atoms with Gasteiger partial charge >= 0.3 is 0 Å². The van der Waals surface area contributed by atoms with Gasteiger partial charge in [0.2, 0.25) is 0 Å². The lowest BCUT2D eigenvalue weighted by Crippen LogP contribution is -2.47. The first-order valence-corrected chi connectivity index (χ1v) is 7.73. The van der Waals surface area contributed by atoms with Gasteiger partial charge in [-0.05, 0) is 36.0 Å². The van der Waals surface area contributed by atoms with E-state index >= 15 is 0 Å². The van der Waals surface area contributed by atoms with Crippen molar-refractivity contribution in [1.82, 2.24) is 4.90 Å². The van der Waals surface area contributed by atoms with Crippen molar-refractivity contribution in [3.63, 3.8) is 0 Å². The Labute approximate surface area is 128 Å². The van der Waals surface area contributed by atoms with Gasteiger partial charge in [0, 0.05) is 25.7 Å². The number of likely N-dealkylation sites (tertiary alicyclic amines) is 1. The SMILES string of the molecule is COc1ccc(C2CC(N)CN(CC(C)C)C2)cc1OC. The molecule has 0 aromatic heterocycles. The monoisotopic (exact) mass is 292 g/mol. The molecule has 0 amide bonds. The van der Waals surface area contributed by atoms with Crippen LogP contribution in [0, 0.1) is 5.92 Å². The second kappa shape index (κ2) is 7.14. The van der Waals surface area contributed by atoms with Crippen LogP contribution >= 0.6 is 0 Å². The number of hydrogen-bond donors (Lipinski definition) is 1. The van der Waals surface area contributed by atoms with Crippen molar-refractivity contribution in [2.24, 2.45) is 11.7 Å². The van der Waals surface area contributed by atoms with Crippen molar-refractivity contribution < 1.29 is 9.47 Å². The lowest BCUT2D eigenvalue weighted by atomic mass is 9.88. The molecule has 2 rings (SSSR count). The Hall–Kier alpha value is -1.26. The highest BCUT2D eigenvalue weighted by atomic mass is 16.5. The largest absolute Gasteiger partial charge is 0.493 e. The number of hydrogen-bond acceptors (Lipinski definition) is 4. The molecule has 1 aromatic carbocycles. The van der Waals surface area contributed by atoms with E-state index in [1.807, 2.05) is 6.07 Å². The molecule has 0 aliphatic carbocycles. The zero-order valence-corrected chi connectivity index (χ0v) is 13.6. The summed E-state index contributed by atoms with van der Waals surface area (Å²) in [4.78, 5) is 2.49. The van der Waals surface area contributed by atoms with Crippen molar-refractivity contribution in [3.8, 4) is 11.5 Å². The van der Waals surface area contributed by atoms with Crippen LogP contribution in [0.4, 0.5) is 0 Å². The van der Waals surface area contributed by atoms with Crippen molar-refractivity contribution >= 4 is 0 Å². The van der Waals surface area contributed by atoms with E-state index in [-0.39, 0.29) is 6.04 Å². The summed E-state index contributed by atoms with van der Waals surface area (Å²) in [5.74, 6) is 2.71. The van der Waals surface area contributed by atoms with Crippen LogP contribution in [0.5, 0.6) is 11.5 Å². The maximum absolute atomic E-state index is 6.26. The molecule has 2 unspecified atom stereocenters. The molecule has 0 saturated carbocycles. The molecule has 2 atom stereocenters. The maximum Gasteiger partial charge on any atom is 0.160 e. The maximum atomic E-state index is 6.26. The summed E-state index contributed by atoms with van der Waals surface area (Å²) in [6, 6.07) is 6.46. The molecule has 4 heteroatoms. The molecule has 1 heterocycles. The van der Waals surface area contributed by atoms with Crippen molar-refractivity contribution in [1.29, 1.82) is 0 Å². The van der Waals surface area contributed by atoms with Gasteiger partial charge in [-0.1, -0.05) is 19.9 Å². The molecule has 21 heavy (non-hydrogen) atoms. The molecular formula is C17H28N2O2. The highest BCUT2D eigenvalue weighted by Gasteiger charge is 2.27. The third kappa shape index (κ3) is 4.11. The van der Waals surface area contributed by atoms with Crippen LogP contribution in [0.1, 0.15) is 31.7 Å². The van der Waals surface area contributed by atoms with E-state index in [1.54, 1.807) is 14.2 Å². The van der Waals surface area contributed by atoms with Gasteiger partial charge in [-0.25, -0.2) is 0 Å². The lowest BCUT2D eigenvalue weighted by Gasteiger charge is -2.37. The fraction of sp³-hybridized carbons (Fsp3) is 0.647. The topological polar surface area (TPSA) is 47.7 Å². The first-order chi connectivity index (χ1) is 10.0. The quantitative estimate of drug-likeness (QED) is 0.905. The first-order valence-electron chi connectivity index (χ1n) is 7.73. The van der Waals surface area contributed by atoms with Gasteiger partial charge in [-0.3, -0.25) is 0 Å². The van der Waals surface area contributed by atoms with Crippen LogP contribution in [-0.4, -0.2) is 44.8 Å². The number of methoxy groups -OCH3 is 2. The van der Waals surface area contributed by atoms with Crippen molar-refractivity contribution in [2.75, 3.05) is 33.9 Å². The van der Waals surface area contributed by atoms with E-state index in [9.17, 15) is 0 Å². The minimum Gasteiger partial charge on any atom is -0.493 e. The zero-order valence-electron chi connectivity index (χ0n) is 13.6. The van der Waals surface area contributed by atoms with Crippen molar-refractivity contribution in [3.05, 3.63) is 23.8 Å². The van der Waals surface area contributed by atoms with E-state index in [0.717, 1.165) is 37.6 Å². The van der Waals surface area contributed by atoms with Crippen LogP contribution in [-0.2, 0) is 0 Å². The Morgan fingerprint density at radius 1 is 1.19 bits per heavy atom. The molecule has 118 valence electrons. The zero-order chi connectivity index (χ0) is 15.4. The summed E-state index contributed by atoms with van der Waals surface area (Å²) >= 11 is 0. The summed E-state index contributed by atoms with van der Waals surface area (Å²) in [7, 11) is 3.34. The standard InChI is InChI=1S/C17H28N2O2/c1-12(2)9-19-10-14(7-15(18)11-19)13-5-6-16(20-3)17(8-13)21-4/h5-6,8,12,14-15H,7,9-11,18H2,1-4H3. The molecule has 1 aliphatic rings. The van der Waals surface area contributed by atoms with Crippen LogP contribution in [0.3, 0.4) is 0 Å².